The molecule has 3 aromatic carbocycles. The van der Waals surface area contributed by atoms with E-state index in [2.05, 4.69) is 21.2 Å². The number of aromatic nitrogens is 2. The van der Waals surface area contributed by atoms with E-state index in [0.29, 0.717) is 33.0 Å². The van der Waals surface area contributed by atoms with Crippen LogP contribution in [0, 0.1) is 0 Å². The number of fused-ring (bicyclic) bond motifs is 1. The molecule has 1 aliphatic heterocycles. The predicted octanol–water partition coefficient (Wildman–Crippen LogP) is 6.13. The van der Waals surface area contributed by atoms with E-state index >= 15 is 0 Å². The summed E-state index contributed by atoms with van der Waals surface area (Å²) < 4.78 is 9.74. The molecule has 1 aromatic heterocycles. The van der Waals surface area contributed by atoms with Crippen molar-refractivity contribution in [3.05, 3.63) is 115 Å². The molecule has 1 saturated carbocycles. The zero-order chi connectivity index (χ0) is 29.4. The number of carbonyl (C=O) groups excluding carboxylic acids is 2. The molecule has 10 heteroatoms. The highest BCUT2D eigenvalue weighted by Crippen LogP contribution is 2.28. The first-order chi connectivity index (χ1) is 20.3. The number of nitrogens with one attached hydrogen (secondary N) is 1. The van der Waals surface area contributed by atoms with E-state index < -0.39 is 5.91 Å². The summed E-state index contributed by atoms with van der Waals surface area (Å²) in [5.41, 5.74) is 2.29. The second-order valence-corrected chi connectivity index (χ2v) is 12.0. The topological polar surface area (TPSA) is 85.6 Å². The normalized spacial score (nSPS) is 15.5. The van der Waals surface area contributed by atoms with Crippen LogP contribution < -0.4 is 15.7 Å². The molecule has 4 aromatic rings. The van der Waals surface area contributed by atoms with Crippen molar-refractivity contribution in [1.29, 1.82) is 0 Å². The summed E-state index contributed by atoms with van der Waals surface area (Å²) in [6, 6.07) is 21.6. The smallest absolute Gasteiger partial charge is 0.333 e. The summed E-state index contributed by atoms with van der Waals surface area (Å²) in [5, 5.41) is 3.50. The Kier molecular flexibility index (Phi) is 7.96. The van der Waals surface area contributed by atoms with Gasteiger partial charge in [0.25, 0.3) is 11.8 Å². The Bertz CT molecular complexity index is 1700. The lowest BCUT2D eigenvalue weighted by Gasteiger charge is -2.28. The number of carbonyl (C=O) groups is 2. The molecule has 0 spiro atoms. The number of imidazole rings is 1. The van der Waals surface area contributed by atoms with E-state index in [9.17, 15) is 14.4 Å². The van der Waals surface area contributed by atoms with E-state index in [-0.39, 0.29) is 42.5 Å². The van der Waals surface area contributed by atoms with E-state index in [0.717, 1.165) is 24.2 Å². The van der Waals surface area contributed by atoms with Crippen LogP contribution in [0.15, 0.2) is 82.1 Å². The average molecular weight is 650 g/mol. The maximum atomic E-state index is 14.0. The molecule has 8 nitrogen and oxygen atoms in total. The van der Waals surface area contributed by atoms with Crippen LogP contribution in [0.25, 0.3) is 5.69 Å². The van der Waals surface area contributed by atoms with E-state index in [1.807, 2.05) is 49.4 Å². The van der Waals surface area contributed by atoms with Gasteiger partial charge in [0.05, 0.1) is 35.1 Å². The van der Waals surface area contributed by atoms with E-state index in [4.69, 9.17) is 16.3 Å². The molecule has 0 radical (unpaired) electrons. The molecular weight excluding hydrogens is 620 g/mol. The molecule has 1 N–H and O–H groups in total. The largest absolute Gasteiger partial charge is 0.490 e. The van der Waals surface area contributed by atoms with Crippen molar-refractivity contribution >= 4 is 39.3 Å². The second kappa shape index (κ2) is 11.8. The molecule has 42 heavy (non-hydrogen) atoms. The third-order valence-electron chi connectivity index (χ3n) is 7.94. The van der Waals surface area contributed by atoms with Crippen molar-refractivity contribution in [3.8, 4) is 11.4 Å². The van der Waals surface area contributed by atoms with Gasteiger partial charge in [-0.3, -0.25) is 18.7 Å². The first-order valence-corrected chi connectivity index (χ1v) is 15.2. The molecule has 2 aliphatic rings. The summed E-state index contributed by atoms with van der Waals surface area (Å²) in [4.78, 5) is 42.9. The molecule has 1 atom stereocenters. The Balaban J connectivity index is 1.37. The van der Waals surface area contributed by atoms with Crippen molar-refractivity contribution < 1.29 is 14.3 Å². The van der Waals surface area contributed by atoms with Crippen molar-refractivity contribution in [2.24, 2.45) is 0 Å². The van der Waals surface area contributed by atoms with Crippen LogP contribution in [-0.2, 0) is 13.1 Å². The number of rotatable bonds is 7. The molecule has 0 saturated heterocycles. The SMILES string of the molecule is C[C@@H](NC(=O)c1c2n(c(=O)n1-c1ccc(OC3CCC3)cc1)CCN(C(=O)c1ccc(Br)c(Cl)c1)C2)c1ccccc1. The van der Waals surface area contributed by atoms with Gasteiger partial charge in [-0.2, -0.15) is 0 Å². The first kappa shape index (κ1) is 28.3. The van der Waals surface area contributed by atoms with Gasteiger partial charge in [-0.25, -0.2) is 4.79 Å². The van der Waals surface area contributed by atoms with Gasteiger partial charge in [0, 0.05) is 23.1 Å². The van der Waals surface area contributed by atoms with Gasteiger partial charge < -0.3 is 15.0 Å². The molecule has 1 aliphatic carbocycles. The fourth-order valence-corrected chi connectivity index (χ4v) is 5.79. The summed E-state index contributed by atoms with van der Waals surface area (Å²) in [6.45, 7) is 2.58. The Labute approximate surface area is 257 Å². The fraction of sp³-hybridized carbons (Fsp3) is 0.281. The fourth-order valence-electron chi connectivity index (χ4n) is 5.36. The first-order valence-electron chi connectivity index (χ1n) is 14.0. The Morgan fingerprint density at radius 1 is 1.02 bits per heavy atom. The third-order valence-corrected chi connectivity index (χ3v) is 9.18. The standard InChI is InChI=1S/C32H30BrClN4O4/c1-20(21-6-3-2-4-7-21)35-30(39)29-28-19-36(31(40)22-10-15-26(33)27(34)18-22)16-17-37(28)32(41)38(29)23-11-13-25(14-12-23)42-24-8-5-9-24/h2-4,6-7,10-15,18,20,24H,5,8-9,16-17,19H2,1H3,(H,35,39)/t20-/m1/s1. The molecule has 2 heterocycles. The average Bonchev–Trinajstić information content (AvgIpc) is 3.28. The molecule has 0 bridgehead atoms. The number of hydrogen-bond donors (Lipinski definition) is 1. The van der Waals surface area contributed by atoms with Crippen LogP contribution >= 0.6 is 27.5 Å². The van der Waals surface area contributed by atoms with Gasteiger partial charge in [-0.1, -0.05) is 41.9 Å². The monoisotopic (exact) mass is 648 g/mol. The van der Waals surface area contributed by atoms with Crippen LogP contribution in [0.2, 0.25) is 5.02 Å². The molecule has 6 rings (SSSR count). The summed E-state index contributed by atoms with van der Waals surface area (Å²) in [6.07, 6.45) is 3.48. The van der Waals surface area contributed by atoms with Gasteiger partial charge in [0.1, 0.15) is 11.4 Å². The maximum Gasteiger partial charge on any atom is 0.333 e. The summed E-state index contributed by atoms with van der Waals surface area (Å²) >= 11 is 9.62. The maximum absolute atomic E-state index is 14.0. The van der Waals surface area contributed by atoms with E-state index in [1.54, 1.807) is 39.8 Å². The lowest BCUT2D eigenvalue weighted by molar-refractivity contribution is 0.0706. The predicted molar refractivity (Wildman–Crippen MR) is 165 cm³/mol. The zero-order valence-electron chi connectivity index (χ0n) is 23.1. The van der Waals surface area contributed by atoms with Gasteiger partial charge in [0.2, 0.25) is 0 Å². The molecular formula is C32H30BrClN4O4. The van der Waals surface area contributed by atoms with Gasteiger partial charge in [0.15, 0.2) is 0 Å². The minimum Gasteiger partial charge on any atom is -0.490 e. The van der Waals surface area contributed by atoms with Crippen LogP contribution in [-0.4, -0.2) is 38.5 Å². The van der Waals surface area contributed by atoms with Crippen LogP contribution in [0.3, 0.4) is 0 Å². The number of hydrogen-bond acceptors (Lipinski definition) is 4. The Hall–Kier alpha value is -3.82. The Morgan fingerprint density at radius 2 is 1.76 bits per heavy atom. The van der Waals surface area contributed by atoms with Gasteiger partial charge in [-0.15, -0.1) is 0 Å². The van der Waals surface area contributed by atoms with Crippen LogP contribution in [0.4, 0.5) is 0 Å². The number of ether oxygens (including phenoxy) is 1. The third kappa shape index (κ3) is 5.51. The lowest BCUT2D eigenvalue weighted by atomic mass is 9.96. The van der Waals surface area contributed by atoms with Gasteiger partial charge in [-0.05, 0) is 90.1 Å². The number of halogens is 2. The lowest BCUT2D eigenvalue weighted by Crippen LogP contribution is -2.41. The summed E-state index contributed by atoms with van der Waals surface area (Å²) in [7, 11) is 0. The van der Waals surface area contributed by atoms with Gasteiger partial charge >= 0.3 is 5.69 Å². The highest BCUT2D eigenvalue weighted by atomic mass is 79.9. The highest BCUT2D eigenvalue weighted by Gasteiger charge is 2.33. The second-order valence-electron chi connectivity index (χ2n) is 10.7. The van der Waals surface area contributed by atoms with Crippen LogP contribution in [0.1, 0.15) is 64.3 Å². The van der Waals surface area contributed by atoms with E-state index in [1.165, 1.54) is 11.0 Å². The minimum atomic E-state index is -0.395. The van der Waals surface area contributed by atoms with Crippen molar-refractivity contribution in [2.45, 2.75) is 51.4 Å². The molecule has 1 fully saturated rings. The van der Waals surface area contributed by atoms with Crippen LogP contribution in [0.5, 0.6) is 5.75 Å². The molecule has 2 amide bonds. The number of nitrogens with zero attached hydrogens (tertiary/aromatic N) is 3. The minimum absolute atomic E-state index is 0.0973. The zero-order valence-corrected chi connectivity index (χ0v) is 25.4. The number of amides is 2. The quantitative estimate of drug-likeness (QED) is 0.261. The highest BCUT2D eigenvalue weighted by molar-refractivity contribution is 9.10. The Morgan fingerprint density at radius 3 is 2.43 bits per heavy atom. The summed E-state index contributed by atoms with van der Waals surface area (Å²) in [5.74, 6) is 0.111. The van der Waals surface area contributed by atoms with Crippen molar-refractivity contribution in [1.82, 2.24) is 19.4 Å². The van der Waals surface area contributed by atoms with Crippen molar-refractivity contribution in [2.75, 3.05) is 6.54 Å². The number of benzene rings is 3. The molecule has 0 unspecified atom stereocenters. The molecule has 216 valence electrons. The van der Waals surface area contributed by atoms with Crippen molar-refractivity contribution in [3.63, 3.8) is 0 Å².